The zero-order chi connectivity index (χ0) is 24.2. The van der Waals surface area contributed by atoms with Gasteiger partial charge in [-0.2, -0.15) is 0 Å². The Hall–Kier alpha value is -2.40. The molecule has 1 saturated carbocycles. The second kappa shape index (κ2) is 10.9. The molecule has 5 heteroatoms. The van der Waals surface area contributed by atoms with Gasteiger partial charge in [0.25, 0.3) is 0 Å². The molecule has 1 N–H and O–H groups in total. The Kier molecular flexibility index (Phi) is 7.92. The maximum Gasteiger partial charge on any atom is 0.183 e. The van der Waals surface area contributed by atoms with Crippen LogP contribution in [-0.2, 0) is 9.53 Å². The predicted octanol–water partition coefficient (Wildman–Crippen LogP) is 4.88. The van der Waals surface area contributed by atoms with Crippen molar-refractivity contribution in [3.05, 3.63) is 60.0 Å². The molecule has 1 aliphatic heterocycles. The van der Waals surface area contributed by atoms with Gasteiger partial charge < -0.3 is 19.6 Å². The summed E-state index contributed by atoms with van der Waals surface area (Å²) in [5.74, 6) is -0.176. The highest BCUT2D eigenvalue weighted by Crippen LogP contribution is 2.46. The topological polar surface area (TPSA) is 82.2 Å². The van der Waals surface area contributed by atoms with Crippen LogP contribution in [-0.4, -0.2) is 28.9 Å². The molecule has 0 aromatic carbocycles. The summed E-state index contributed by atoms with van der Waals surface area (Å²) in [6.45, 7) is 5.96. The Bertz CT molecular complexity index is 943. The summed E-state index contributed by atoms with van der Waals surface area (Å²) in [5, 5.41) is 11.4. The van der Waals surface area contributed by atoms with Crippen LogP contribution in [0.25, 0.3) is 0 Å². The summed E-state index contributed by atoms with van der Waals surface area (Å²) in [6.07, 6.45) is 18.3. The number of aromatic nitrogens is 1. The largest absolute Gasteiger partial charge is 0.550 e. The smallest absolute Gasteiger partial charge is 0.183 e. The third-order valence-corrected chi connectivity index (χ3v) is 8.34. The van der Waals surface area contributed by atoms with Gasteiger partial charge in [0, 0.05) is 29.9 Å². The summed E-state index contributed by atoms with van der Waals surface area (Å²) in [7, 11) is 0. The van der Waals surface area contributed by atoms with Crippen LogP contribution >= 0.6 is 0 Å². The van der Waals surface area contributed by atoms with E-state index in [4.69, 9.17) is 4.74 Å². The van der Waals surface area contributed by atoms with Crippen LogP contribution in [0.5, 0.6) is 0 Å². The Morgan fingerprint density at radius 2 is 2.06 bits per heavy atom. The number of carboxylic acid groups (broad SMARTS) is 1. The van der Waals surface area contributed by atoms with Crippen LogP contribution in [0.2, 0.25) is 0 Å². The van der Waals surface area contributed by atoms with Crippen molar-refractivity contribution in [1.82, 2.24) is 4.98 Å². The van der Waals surface area contributed by atoms with Crippen LogP contribution in [0.3, 0.4) is 0 Å². The Morgan fingerprint density at radius 1 is 1.24 bits per heavy atom. The molecule has 2 fully saturated rings. The van der Waals surface area contributed by atoms with Gasteiger partial charge in [-0.25, -0.2) is 0 Å². The molecular formula is C29H38NO4-. The summed E-state index contributed by atoms with van der Waals surface area (Å²) in [6, 6.07) is 3.77. The average molecular weight is 465 g/mol. The van der Waals surface area contributed by atoms with Crippen molar-refractivity contribution in [1.29, 1.82) is 0 Å². The van der Waals surface area contributed by atoms with Crippen LogP contribution in [0.1, 0.15) is 69.8 Å². The minimum atomic E-state index is -1.05. The number of hydrogen-bond donors (Lipinski definition) is 1. The number of ketones is 1. The normalized spacial score (nSPS) is 34.8. The lowest BCUT2D eigenvalue weighted by molar-refractivity contribution is -0.315. The molecule has 0 radical (unpaired) electrons. The fraction of sp³-hybridized carbons (Fsp3) is 0.586. The number of aliphatic carboxylic acids is 1. The number of aromatic amines is 1. The van der Waals surface area contributed by atoms with Crippen LogP contribution in [0.15, 0.2) is 54.3 Å². The van der Waals surface area contributed by atoms with Gasteiger partial charge in [-0.05, 0) is 67.6 Å². The second-order valence-corrected chi connectivity index (χ2v) is 10.4. The third-order valence-electron chi connectivity index (χ3n) is 8.34. The number of H-pyrrole nitrogens is 1. The highest BCUT2D eigenvalue weighted by atomic mass is 16.5. The number of nitrogens with one attached hydrogen (secondary N) is 1. The van der Waals surface area contributed by atoms with E-state index in [0.717, 1.165) is 25.7 Å². The quantitative estimate of drug-likeness (QED) is 0.338. The number of ether oxygens (including phenoxy) is 1. The number of Topliss-reactive ketones (excluding diaryl/α,β-unsaturated/α-hetero) is 1. The van der Waals surface area contributed by atoms with Crippen molar-refractivity contribution in [2.45, 2.75) is 71.5 Å². The Balaban J connectivity index is 1.53. The number of allylic oxidation sites excluding steroid dienone is 5. The van der Waals surface area contributed by atoms with Crippen molar-refractivity contribution in [2.75, 3.05) is 0 Å². The number of rotatable bonds is 8. The number of carboxylic acids is 1. The lowest BCUT2D eigenvalue weighted by atomic mass is 9.69. The first-order chi connectivity index (χ1) is 16.4. The first kappa shape index (κ1) is 24.7. The number of carbonyl (C=O) groups is 2. The maximum absolute atomic E-state index is 13.4. The molecule has 0 spiro atoms. The fourth-order valence-electron chi connectivity index (χ4n) is 6.26. The summed E-state index contributed by atoms with van der Waals surface area (Å²) < 4.78 is 6.29. The summed E-state index contributed by atoms with van der Waals surface area (Å²) in [4.78, 5) is 27.9. The van der Waals surface area contributed by atoms with E-state index in [1.165, 1.54) is 18.4 Å². The van der Waals surface area contributed by atoms with Gasteiger partial charge >= 0.3 is 0 Å². The van der Waals surface area contributed by atoms with E-state index in [2.05, 4.69) is 49.2 Å². The van der Waals surface area contributed by atoms with Gasteiger partial charge in [-0.1, -0.05) is 57.6 Å². The van der Waals surface area contributed by atoms with Crippen molar-refractivity contribution < 1.29 is 19.4 Å². The zero-order valence-corrected chi connectivity index (χ0v) is 20.6. The van der Waals surface area contributed by atoms with E-state index < -0.39 is 11.9 Å². The van der Waals surface area contributed by atoms with Crippen LogP contribution < -0.4 is 5.11 Å². The van der Waals surface area contributed by atoms with Gasteiger partial charge in [-0.3, -0.25) is 4.79 Å². The van der Waals surface area contributed by atoms with E-state index in [-0.39, 0.29) is 29.8 Å². The van der Waals surface area contributed by atoms with E-state index in [9.17, 15) is 14.7 Å². The highest BCUT2D eigenvalue weighted by Gasteiger charge is 2.42. The molecule has 0 amide bonds. The number of carbonyl (C=O) groups excluding carboxylic acids is 2. The van der Waals surface area contributed by atoms with Crippen LogP contribution in [0.4, 0.5) is 0 Å². The molecule has 8 atom stereocenters. The first-order valence-corrected chi connectivity index (χ1v) is 13.0. The monoisotopic (exact) mass is 464 g/mol. The molecular weight excluding hydrogens is 426 g/mol. The van der Waals surface area contributed by atoms with Crippen molar-refractivity contribution in [2.24, 2.45) is 35.5 Å². The molecule has 2 heterocycles. The molecule has 4 rings (SSSR count). The second-order valence-electron chi connectivity index (χ2n) is 10.4. The summed E-state index contributed by atoms with van der Waals surface area (Å²) in [5.41, 5.74) is 1.87. The van der Waals surface area contributed by atoms with Gasteiger partial charge in [0.15, 0.2) is 5.78 Å². The molecule has 8 unspecified atom stereocenters. The molecule has 1 aromatic rings. The van der Waals surface area contributed by atoms with E-state index >= 15 is 0 Å². The number of hydrogen-bond acceptors (Lipinski definition) is 4. The van der Waals surface area contributed by atoms with Gasteiger partial charge in [-0.15, -0.1) is 0 Å². The molecule has 3 aliphatic rings. The van der Waals surface area contributed by atoms with E-state index in [1.54, 1.807) is 6.92 Å². The molecule has 0 bridgehead atoms. The maximum atomic E-state index is 13.4. The fourth-order valence-corrected chi connectivity index (χ4v) is 6.26. The molecule has 2 aliphatic carbocycles. The third kappa shape index (κ3) is 5.14. The standard InChI is InChI=1S/C29H39NO4/c1-4-20(28-18(2)13-16-25(34-28)19(3)29(32)33)8-5-10-22-15-14-21-9-6-11-23(21)26(22)27(31)24-12-7-17-30-24/h5,7-8,10,12,14-15,17-19,21-23,25-26,28,30H,4,6,9,11,13,16H2,1-3H3,(H,32,33)/p-1. The van der Waals surface area contributed by atoms with Gasteiger partial charge in [0.2, 0.25) is 0 Å². The Morgan fingerprint density at radius 3 is 2.76 bits per heavy atom. The lowest BCUT2D eigenvalue weighted by Gasteiger charge is -2.39. The Labute approximate surface area is 203 Å². The van der Waals surface area contributed by atoms with E-state index in [1.807, 2.05) is 18.3 Å². The molecule has 34 heavy (non-hydrogen) atoms. The van der Waals surface area contributed by atoms with Gasteiger partial charge in [0.1, 0.15) is 0 Å². The van der Waals surface area contributed by atoms with Crippen molar-refractivity contribution in [3.8, 4) is 0 Å². The number of fused-ring (bicyclic) bond motifs is 1. The summed E-state index contributed by atoms with van der Waals surface area (Å²) >= 11 is 0. The zero-order valence-electron chi connectivity index (χ0n) is 20.6. The molecule has 184 valence electrons. The predicted molar refractivity (Wildman–Crippen MR) is 131 cm³/mol. The molecule has 5 nitrogen and oxygen atoms in total. The average Bonchev–Trinajstić information content (AvgIpc) is 3.53. The van der Waals surface area contributed by atoms with E-state index in [0.29, 0.717) is 23.4 Å². The first-order valence-electron chi connectivity index (χ1n) is 13.0. The lowest BCUT2D eigenvalue weighted by Crippen LogP contribution is -2.44. The minimum Gasteiger partial charge on any atom is -0.550 e. The van der Waals surface area contributed by atoms with Crippen molar-refractivity contribution >= 4 is 11.8 Å². The van der Waals surface area contributed by atoms with Crippen LogP contribution in [0, 0.1) is 35.5 Å². The minimum absolute atomic E-state index is 0.0379. The highest BCUT2D eigenvalue weighted by molar-refractivity contribution is 5.97. The van der Waals surface area contributed by atoms with Gasteiger partial charge in [0.05, 0.1) is 17.9 Å². The molecule has 1 saturated heterocycles. The molecule has 1 aromatic heterocycles. The van der Waals surface area contributed by atoms with Crippen molar-refractivity contribution in [3.63, 3.8) is 0 Å². The SMILES string of the molecule is CCC(=CC=CC1C=CC2CCCC2C1C(=O)c1ccc[nH]1)C1OC(C(C)C(=O)[O-])CCC1C.